The first kappa shape index (κ1) is 28.6. The molecular formula is C44H29N5. The molecule has 0 unspecified atom stereocenters. The molecular weight excluding hydrogens is 599 g/mol. The van der Waals surface area contributed by atoms with E-state index in [4.69, 9.17) is 19.9 Å². The summed E-state index contributed by atoms with van der Waals surface area (Å²) in [6, 6.07) is 52.0. The lowest BCUT2D eigenvalue weighted by Gasteiger charge is -2.12. The molecule has 9 rings (SSSR count). The number of benzene rings is 5. The molecule has 9 aromatic rings. The standard InChI is InChI=1S/C44H29N5/c1-28-24-39(47-43-36(28)21-19-31-20-22-37(46-42(31)43)34-18-17-29-10-5-6-13-32(29)25-34)33-14-9-15-35(26-33)44-48-40(30-11-3-2-4-12-30)27-41(49-44)38-16-7-8-23-45-38/h2-27H,1H3. The van der Waals surface area contributed by atoms with Crippen LogP contribution in [0.5, 0.6) is 0 Å². The summed E-state index contributed by atoms with van der Waals surface area (Å²) < 4.78 is 0. The van der Waals surface area contributed by atoms with Crippen molar-refractivity contribution < 1.29 is 0 Å². The number of pyridine rings is 3. The van der Waals surface area contributed by atoms with Crippen molar-refractivity contribution in [2.24, 2.45) is 0 Å². The fourth-order valence-corrected chi connectivity index (χ4v) is 6.49. The van der Waals surface area contributed by atoms with Crippen LogP contribution >= 0.6 is 0 Å². The largest absolute Gasteiger partial charge is 0.255 e. The van der Waals surface area contributed by atoms with E-state index in [0.717, 1.165) is 78.1 Å². The average molecular weight is 628 g/mol. The Morgan fingerprint density at radius 3 is 1.94 bits per heavy atom. The highest BCUT2D eigenvalue weighted by molar-refractivity contribution is 6.05. The second-order valence-electron chi connectivity index (χ2n) is 12.2. The van der Waals surface area contributed by atoms with Crippen LogP contribution in [0.3, 0.4) is 0 Å². The van der Waals surface area contributed by atoms with Crippen molar-refractivity contribution in [3.05, 3.63) is 163 Å². The van der Waals surface area contributed by atoms with E-state index in [9.17, 15) is 0 Å². The summed E-state index contributed by atoms with van der Waals surface area (Å²) in [5, 5.41) is 4.56. The molecule has 4 heterocycles. The van der Waals surface area contributed by atoms with E-state index in [1.165, 1.54) is 10.8 Å². The van der Waals surface area contributed by atoms with Crippen LogP contribution in [0.25, 0.3) is 89.1 Å². The maximum Gasteiger partial charge on any atom is 0.160 e. The van der Waals surface area contributed by atoms with Gasteiger partial charge in [-0.2, -0.15) is 0 Å². The topological polar surface area (TPSA) is 64.5 Å². The Morgan fingerprint density at radius 1 is 0.367 bits per heavy atom. The minimum absolute atomic E-state index is 0.633. The van der Waals surface area contributed by atoms with Gasteiger partial charge in [-0.3, -0.25) is 4.98 Å². The molecule has 4 aromatic heterocycles. The number of hydrogen-bond donors (Lipinski definition) is 0. The van der Waals surface area contributed by atoms with Crippen molar-refractivity contribution >= 4 is 32.6 Å². The monoisotopic (exact) mass is 627 g/mol. The molecule has 0 saturated heterocycles. The summed E-state index contributed by atoms with van der Waals surface area (Å²) in [4.78, 5) is 25.1. The fraction of sp³-hybridized carbons (Fsp3) is 0.0227. The molecule has 5 nitrogen and oxygen atoms in total. The van der Waals surface area contributed by atoms with Gasteiger partial charge in [0, 0.05) is 39.2 Å². The lowest BCUT2D eigenvalue weighted by atomic mass is 10.0. The zero-order valence-corrected chi connectivity index (χ0v) is 26.7. The molecule has 0 aliphatic carbocycles. The van der Waals surface area contributed by atoms with Crippen molar-refractivity contribution in [3.63, 3.8) is 0 Å². The van der Waals surface area contributed by atoms with Gasteiger partial charge < -0.3 is 0 Å². The van der Waals surface area contributed by atoms with Crippen LogP contribution in [0.15, 0.2) is 158 Å². The molecule has 230 valence electrons. The minimum Gasteiger partial charge on any atom is -0.255 e. The molecule has 0 aliphatic rings. The predicted octanol–water partition coefficient (Wildman–Crippen LogP) is 10.8. The maximum absolute atomic E-state index is 5.27. The molecule has 0 bridgehead atoms. The summed E-state index contributed by atoms with van der Waals surface area (Å²) in [5.41, 5.74) is 11.1. The number of aromatic nitrogens is 5. The Kier molecular flexibility index (Phi) is 6.95. The Morgan fingerprint density at radius 2 is 1.06 bits per heavy atom. The van der Waals surface area contributed by atoms with Gasteiger partial charge in [0.15, 0.2) is 5.82 Å². The van der Waals surface area contributed by atoms with Crippen molar-refractivity contribution in [1.82, 2.24) is 24.9 Å². The smallest absolute Gasteiger partial charge is 0.160 e. The van der Waals surface area contributed by atoms with E-state index in [1.807, 2.05) is 48.5 Å². The van der Waals surface area contributed by atoms with E-state index >= 15 is 0 Å². The Hall–Kier alpha value is -6.59. The van der Waals surface area contributed by atoms with Crippen LogP contribution in [0.1, 0.15) is 5.56 Å². The van der Waals surface area contributed by atoms with E-state index in [0.29, 0.717) is 5.82 Å². The molecule has 5 aromatic carbocycles. The van der Waals surface area contributed by atoms with Gasteiger partial charge in [0.1, 0.15) is 0 Å². The summed E-state index contributed by atoms with van der Waals surface area (Å²) >= 11 is 0. The first-order valence-corrected chi connectivity index (χ1v) is 16.3. The van der Waals surface area contributed by atoms with E-state index in [-0.39, 0.29) is 0 Å². The van der Waals surface area contributed by atoms with Gasteiger partial charge in [-0.1, -0.05) is 109 Å². The third-order valence-electron chi connectivity index (χ3n) is 9.03. The quantitative estimate of drug-likeness (QED) is 0.178. The van der Waals surface area contributed by atoms with Gasteiger partial charge in [-0.05, 0) is 65.7 Å². The SMILES string of the molecule is Cc1cc(-c2cccc(-c3nc(-c4ccccc4)cc(-c4ccccn4)n3)c2)nc2c1ccc1ccc(-c3ccc4ccccc4c3)nc12. The Bertz CT molecular complexity index is 2610. The van der Waals surface area contributed by atoms with Gasteiger partial charge in [0.2, 0.25) is 0 Å². The van der Waals surface area contributed by atoms with E-state index in [1.54, 1.807) is 6.20 Å². The highest BCUT2D eigenvalue weighted by atomic mass is 14.9. The lowest BCUT2D eigenvalue weighted by molar-refractivity contribution is 1.16. The first-order valence-electron chi connectivity index (χ1n) is 16.3. The van der Waals surface area contributed by atoms with E-state index in [2.05, 4.69) is 115 Å². The van der Waals surface area contributed by atoms with Gasteiger partial charge >= 0.3 is 0 Å². The van der Waals surface area contributed by atoms with Crippen molar-refractivity contribution in [3.8, 4) is 56.5 Å². The molecule has 0 aliphatic heterocycles. The Labute approximate surface area is 283 Å². The zero-order valence-electron chi connectivity index (χ0n) is 26.7. The molecule has 49 heavy (non-hydrogen) atoms. The maximum atomic E-state index is 5.27. The van der Waals surface area contributed by atoms with Crippen molar-refractivity contribution in [1.29, 1.82) is 0 Å². The van der Waals surface area contributed by atoms with Crippen molar-refractivity contribution in [2.75, 3.05) is 0 Å². The summed E-state index contributed by atoms with van der Waals surface area (Å²) in [6.07, 6.45) is 1.79. The van der Waals surface area contributed by atoms with Gasteiger partial charge in [0.25, 0.3) is 0 Å². The van der Waals surface area contributed by atoms with Crippen LogP contribution in [0, 0.1) is 6.92 Å². The molecule has 0 radical (unpaired) electrons. The number of rotatable bonds is 5. The third-order valence-corrected chi connectivity index (χ3v) is 9.03. The molecule has 5 heteroatoms. The Balaban J connectivity index is 1.17. The normalized spacial score (nSPS) is 11.4. The lowest BCUT2D eigenvalue weighted by Crippen LogP contribution is -1.97. The number of aryl methyl sites for hydroxylation is 1. The van der Waals surface area contributed by atoms with Crippen LogP contribution in [0.2, 0.25) is 0 Å². The molecule has 0 N–H and O–H groups in total. The molecule has 0 saturated carbocycles. The van der Waals surface area contributed by atoms with Crippen molar-refractivity contribution in [2.45, 2.75) is 6.92 Å². The summed E-state index contributed by atoms with van der Waals surface area (Å²) in [7, 11) is 0. The first-order chi connectivity index (χ1) is 24.2. The second-order valence-corrected chi connectivity index (χ2v) is 12.2. The summed E-state index contributed by atoms with van der Waals surface area (Å²) in [6.45, 7) is 2.14. The number of fused-ring (bicyclic) bond motifs is 4. The van der Waals surface area contributed by atoms with Gasteiger partial charge in [0.05, 0.1) is 39.5 Å². The molecule has 0 amide bonds. The number of hydrogen-bond acceptors (Lipinski definition) is 5. The van der Waals surface area contributed by atoms with Crippen LogP contribution in [0.4, 0.5) is 0 Å². The highest BCUT2D eigenvalue weighted by Gasteiger charge is 2.15. The fourth-order valence-electron chi connectivity index (χ4n) is 6.49. The summed E-state index contributed by atoms with van der Waals surface area (Å²) in [5.74, 6) is 0.633. The van der Waals surface area contributed by atoms with Gasteiger partial charge in [-0.15, -0.1) is 0 Å². The highest BCUT2D eigenvalue weighted by Crippen LogP contribution is 2.33. The van der Waals surface area contributed by atoms with Gasteiger partial charge in [-0.25, -0.2) is 19.9 Å². The molecule has 0 fully saturated rings. The third kappa shape index (κ3) is 5.37. The second kappa shape index (κ2) is 11.9. The van der Waals surface area contributed by atoms with Crippen LogP contribution in [-0.2, 0) is 0 Å². The minimum atomic E-state index is 0.633. The van der Waals surface area contributed by atoms with E-state index < -0.39 is 0 Å². The molecule has 0 spiro atoms. The predicted molar refractivity (Wildman–Crippen MR) is 200 cm³/mol. The van der Waals surface area contributed by atoms with Crippen LogP contribution < -0.4 is 0 Å². The average Bonchev–Trinajstić information content (AvgIpc) is 3.18. The molecule has 0 atom stereocenters. The zero-order chi connectivity index (χ0) is 32.7. The van der Waals surface area contributed by atoms with Crippen LogP contribution in [-0.4, -0.2) is 24.9 Å². The number of nitrogens with zero attached hydrogens (tertiary/aromatic N) is 5.